The van der Waals surface area contributed by atoms with Gasteiger partial charge in [0.15, 0.2) is 0 Å². The van der Waals surface area contributed by atoms with Crippen LogP contribution in [0.25, 0.3) is 16.5 Å². The van der Waals surface area contributed by atoms with Gasteiger partial charge in [0.1, 0.15) is 6.34 Å². The SMILES string of the molecule is CN=CN(/C=C(/C(=O)O)c1ccc2cccnc2c1)NC. The average molecular weight is 284 g/mol. The van der Waals surface area contributed by atoms with Gasteiger partial charge in [0, 0.05) is 31.9 Å². The maximum atomic E-state index is 11.5. The molecule has 2 rings (SSSR count). The number of aliphatic carboxylic acids is 1. The number of pyridine rings is 1. The van der Waals surface area contributed by atoms with E-state index in [1.165, 1.54) is 17.5 Å². The smallest absolute Gasteiger partial charge is 0.337 e. The number of hydrogen-bond acceptors (Lipinski definition) is 4. The monoisotopic (exact) mass is 284 g/mol. The standard InChI is InChI=1S/C15H16N4O2/c1-16-10-19(17-2)9-13(15(20)21)12-6-5-11-4-3-7-18-14(11)8-12/h3-10,17H,1-2H3,(H,20,21)/b13-9+,16-10?. The van der Waals surface area contributed by atoms with Crippen LogP contribution in [0, 0.1) is 0 Å². The number of hydrogen-bond donors (Lipinski definition) is 2. The van der Waals surface area contributed by atoms with Crippen molar-refractivity contribution in [3.63, 3.8) is 0 Å². The molecule has 1 aromatic carbocycles. The molecule has 0 saturated heterocycles. The van der Waals surface area contributed by atoms with E-state index in [9.17, 15) is 9.90 Å². The third-order valence-corrected chi connectivity index (χ3v) is 2.91. The molecular weight excluding hydrogens is 268 g/mol. The lowest BCUT2D eigenvalue weighted by Crippen LogP contribution is -2.29. The minimum absolute atomic E-state index is 0.150. The first-order valence-electron chi connectivity index (χ1n) is 6.34. The summed E-state index contributed by atoms with van der Waals surface area (Å²) in [7, 11) is 3.29. The molecule has 0 aliphatic rings. The van der Waals surface area contributed by atoms with Gasteiger partial charge in [-0.1, -0.05) is 18.2 Å². The van der Waals surface area contributed by atoms with E-state index in [1.54, 1.807) is 32.4 Å². The highest BCUT2D eigenvalue weighted by Gasteiger charge is 2.12. The van der Waals surface area contributed by atoms with Crippen LogP contribution in [0.15, 0.2) is 47.7 Å². The Morgan fingerprint density at radius 3 is 2.90 bits per heavy atom. The van der Waals surface area contributed by atoms with Crippen LogP contribution in [0.5, 0.6) is 0 Å². The normalized spacial score (nSPS) is 12.0. The molecule has 0 atom stereocenters. The summed E-state index contributed by atoms with van der Waals surface area (Å²) in [6.07, 6.45) is 4.64. The average Bonchev–Trinajstić information content (AvgIpc) is 2.50. The van der Waals surface area contributed by atoms with Crippen LogP contribution in [-0.2, 0) is 4.79 Å². The van der Waals surface area contributed by atoms with Crippen molar-refractivity contribution in [3.8, 4) is 0 Å². The number of carbonyl (C=O) groups is 1. The van der Waals surface area contributed by atoms with Gasteiger partial charge in [0.25, 0.3) is 0 Å². The van der Waals surface area contributed by atoms with E-state index in [2.05, 4.69) is 15.4 Å². The Balaban J connectivity index is 2.49. The Morgan fingerprint density at radius 1 is 1.43 bits per heavy atom. The van der Waals surface area contributed by atoms with Crippen LogP contribution in [0.3, 0.4) is 0 Å². The number of aromatic nitrogens is 1. The zero-order valence-corrected chi connectivity index (χ0v) is 11.8. The molecule has 0 radical (unpaired) electrons. The zero-order chi connectivity index (χ0) is 15.2. The molecule has 0 saturated carbocycles. The summed E-state index contributed by atoms with van der Waals surface area (Å²) in [6.45, 7) is 0. The molecule has 6 nitrogen and oxygen atoms in total. The summed E-state index contributed by atoms with van der Waals surface area (Å²) in [5, 5.41) is 11.9. The van der Waals surface area contributed by atoms with Crippen LogP contribution in [0.4, 0.5) is 0 Å². The highest BCUT2D eigenvalue weighted by molar-refractivity contribution is 6.16. The second kappa shape index (κ2) is 6.62. The number of nitrogens with zero attached hydrogens (tertiary/aromatic N) is 3. The molecule has 0 fully saturated rings. The van der Waals surface area contributed by atoms with E-state index < -0.39 is 5.97 Å². The third kappa shape index (κ3) is 3.43. The Hall–Kier alpha value is -2.73. The summed E-state index contributed by atoms with van der Waals surface area (Å²) in [6, 6.07) is 9.15. The molecule has 0 aliphatic heterocycles. The van der Waals surface area contributed by atoms with Gasteiger partial charge in [0.05, 0.1) is 11.1 Å². The molecular formula is C15H16N4O2. The number of carboxylic acid groups (broad SMARTS) is 1. The van der Waals surface area contributed by atoms with Crippen LogP contribution in [-0.4, -0.2) is 41.5 Å². The molecule has 0 unspecified atom stereocenters. The Kier molecular flexibility index (Phi) is 4.63. The van der Waals surface area contributed by atoms with E-state index in [1.807, 2.05) is 18.2 Å². The van der Waals surface area contributed by atoms with Gasteiger partial charge in [-0.3, -0.25) is 15.0 Å². The Morgan fingerprint density at radius 2 is 2.24 bits per heavy atom. The fraction of sp³-hybridized carbons (Fsp3) is 0.133. The van der Waals surface area contributed by atoms with Gasteiger partial charge < -0.3 is 5.11 Å². The van der Waals surface area contributed by atoms with Crippen LogP contribution in [0.2, 0.25) is 0 Å². The number of benzene rings is 1. The Labute approximate surface area is 122 Å². The highest BCUT2D eigenvalue weighted by atomic mass is 16.4. The molecule has 2 N–H and O–H groups in total. The van der Waals surface area contributed by atoms with E-state index >= 15 is 0 Å². The van der Waals surface area contributed by atoms with E-state index in [-0.39, 0.29) is 5.57 Å². The molecule has 108 valence electrons. The maximum Gasteiger partial charge on any atom is 0.337 e. The number of hydrazine groups is 1. The second-order valence-electron chi connectivity index (χ2n) is 4.26. The van der Waals surface area contributed by atoms with Crippen molar-refractivity contribution in [2.75, 3.05) is 14.1 Å². The Bertz CT molecular complexity index is 710. The highest BCUT2D eigenvalue weighted by Crippen LogP contribution is 2.20. The van der Waals surface area contributed by atoms with Crippen LogP contribution >= 0.6 is 0 Å². The van der Waals surface area contributed by atoms with Gasteiger partial charge in [-0.2, -0.15) is 0 Å². The van der Waals surface area contributed by atoms with Crippen molar-refractivity contribution in [3.05, 3.63) is 48.3 Å². The zero-order valence-electron chi connectivity index (χ0n) is 11.8. The lowest BCUT2D eigenvalue weighted by Gasteiger charge is -2.14. The molecule has 0 amide bonds. The van der Waals surface area contributed by atoms with Gasteiger partial charge in [-0.25, -0.2) is 10.2 Å². The van der Waals surface area contributed by atoms with E-state index in [0.717, 1.165) is 10.9 Å². The summed E-state index contributed by atoms with van der Waals surface area (Å²) >= 11 is 0. The van der Waals surface area contributed by atoms with Crippen LogP contribution in [0.1, 0.15) is 5.56 Å². The largest absolute Gasteiger partial charge is 0.478 e. The number of nitrogens with one attached hydrogen (secondary N) is 1. The molecule has 2 aromatic rings. The van der Waals surface area contributed by atoms with Crippen molar-refractivity contribution >= 4 is 28.8 Å². The number of aliphatic imine (C=N–C) groups is 1. The van der Waals surface area contributed by atoms with Crippen molar-refractivity contribution in [2.45, 2.75) is 0 Å². The second-order valence-corrected chi connectivity index (χ2v) is 4.26. The summed E-state index contributed by atoms with van der Waals surface area (Å²) < 4.78 is 0. The number of fused-ring (bicyclic) bond motifs is 1. The molecule has 1 heterocycles. The first-order chi connectivity index (χ1) is 10.2. The fourth-order valence-electron chi connectivity index (χ4n) is 1.91. The van der Waals surface area contributed by atoms with Crippen molar-refractivity contribution < 1.29 is 9.90 Å². The molecule has 0 spiro atoms. The predicted molar refractivity (Wildman–Crippen MR) is 82.7 cm³/mol. The van der Waals surface area contributed by atoms with Gasteiger partial charge in [-0.05, 0) is 17.7 Å². The van der Waals surface area contributed by atoms with Crippen LogP contribution < -0.4 is 5.43 Å². The van der Waals surface area contributed by atoms with Crippen molar-refractivity contribution in [1.82, 2.24) is 15.4 Å². The lowest BCUT2D eigenvalue weighted by molar-refractivity contribution is -0.130. The van der Waals surface area contributed by atoms with Gasteiger partial charge in [0.2, 0.25) is 0 Å². The predicted octanol–water partition coefficient (Wildman–Crippen LogP) is 1.75. The van der Waals surface area contributed by atoms with E-state index in [4.69, 9.17) is 0 Å². The maximum absolute atomic E-state index is 11.5. The molecule has 6 heteroatoms. The van der Waals surface area contributed by atoms with Crippen molar-refractivity contribution in [1.29, 1.82) is 0 Å². The van der Waals surface area contributed by atoms with Crippen molar-refractivity contribution in [2.24, 2.45) is 4.99 Å². The van der Waals surface area contributed by atoms with Gasteiger partial charge >= 0.3 is 5.97 Å². The molecule has 21 heavy (non-hydrogen) atoms. The minimum atomic E-state index is -1.02. The minimum Gasteiger partial charge on any atom is -0.478 e. The summed E-state index contributed by atoms with van der Waals surface area (Å²) in [4.78, 5) is 19.6. The lowest BCUT2D eigenvalue weighted by atomic mass is 10.0. The van der Waals surface area contributed by atoms with E-state index in [0.29, 0.717) is 5.56 Å². The fourth-order valence-corrected chi connectivity index (χ4v) is 1.91. The first-order valence-corrected chi connectivity index (χ1v) is 6.34. The van der Waals surface area contributed by atoms with Gasteiger partial charge in [-0.15, -0.1) is 0 Å². The summed E-state index contributed by atoms with van der Waals surface area (Å²) in [5.41, 5.74) is 4.31. The molecule has 1 aromatic heterocycles. The molecule has 0 bridgehead atoms. The molecule has 0 aliphatic carbocycles. The number of carboxylic acids is 1. The third-order valence-electron chi connectivity index (χ3n) is 2.91. The summed E-state index contributed by atoms with van der Waals surface area (Å²) in [5.74, 6) is -1.02. The number of rotatable bonds is 5. The topological polar surface area (TPSA) is 77.8 Å². The quantitative estimate of drug-likeness (QED) is 0.378. The first kappa shape index (κ1) is 14.7.